The zero-order valence-electron chi connectivity index (χ0n) is 13.2. The van der Waals surface area contributed by atoms with Crippen molar-refractivity contribution in [3.63, 3.8) is 0 Å². The first-order valence-corrected chi connectivity index (χ1v) is 8.56. The van der Waals surface area contributed by atoms with Crippen molar-refractivity contribution < 1.29 is 36.7 Å². The summed E-state index contributed by atoms with van der Waals surface area (Å²) in [6.07, 6.45) is 0. The topological polar surface area (TPSA) is 180 Å². The Morgan fingerprint density at radius 3 is 2.54 bits per heavy atom. The highest BCUT2D eigenvalue weighted by atomic mass is 32.3. The monoisotopic (exact) mass is 386 g/mol. The molecule has 0 aliphatic carbocycles. The number of nitrogens with two attached hydrogens (primary N) is 1. The molecule has 13 heteroatoms. The Kier molecular flexibility index (Phi) is 4.01. The van der Waals surface area contributed by atoms with Crippen LogP contribution in [0.1, 0.15) is 30.1 Å². The van der Waals surface area contributed by atoms with Crippen molar-refractivity contribution in [2.75, 3.05) is 11.9 Å². The number of aromatic hydroxyl groups is 1. The average molecular weight is 386 g/mol. The SMILES string of the molecule is CC(=O)Nc1cc2c(cc1O)C1CN(C(=O)N1OS(=O)(=O)O)C2C(N)=O. The van der Waals surface area contributed by atoms with Crippen LogP contribution in [-0.2, 0) is 24.3 Å². The molecule has 0 spiro atoms. The molecule has 140 valence electrons. The van der Waals surface area contributed by atoms with Gasteiger partial charge in [-0.15, -0.1) is 4.28 Å². The van der Waals surface area contributed by atoms with Gasteiger partial charge in [0.05, 0.1) is 12.2 Å². The number of phenolic OH excluding ortho intramolecular Hbond substituents is 1. The van der Waals surface area contributed by atoms with Crippen LogP contribution in [0.4, 0.5) is 10.5 Å². The van der Waals surface area contributed by atoms with E-state index >= 15 is 0 Å². The van der Waals surface area contributed by atoms with Gasteiger partial charge in [0, 0.05) is 6.92 Å². The van der Waals surface area contributed by atoms with E-state index in [1.165, 1.54) is 13.0 Å². The summed E-state index contributed by atoms with van der Waals surface area (Å²) >= 11 is 0. The second-order valence-corrected chi connectivity index (χ2v) is 6.77. The second kappa shape index (κ2) is 5.82. The lowest BCUT2D eigenvalue weighted by atomic mass is 9.89. The number of primary amides is 1. The highest BCUT2D eigenvalue weighted by Crippen LogP contribution is 2.46. The van der Waals surface area contributed by atoms with Gasteiger partial charge in [-0.1, -0.05) is 0 Å². The van der Waals surface area contributed by atoms with Crippen molar-refractivity contribution in [1.29, 1.82) is 0 Å². The molecule has 2 heterocycles. The van der Waals surface area contributed by atoms with Crippen molar-refractivity contribution in [1.82, 2.24) is 9.96 Å². The minimum atomic E-state index is -5.01. The summed E-state index contributed by atoms with van der Waals surface area (Å²) in [5, 5.41) is 12.8. The molecule has 2 aliphatic rings. The number of amides is 4. The highest BCUT2D eigenvalue weighted by molar-refractivity contribution is 7.80. The van der Waals surface area contributed by atoms with Crippen LogP contribution in [-0.4, -0.2) is 52.4 Å². The molecule has 3 rings (SSSR count). The van der Waals surface area contributed by atoms with Gasteiger partial charge in [0.15, 0.2) is 0 Å². The Balaban J connectivity index is 2.16. The molecule has 1 fully saturated rings. The summed E-state index contributed by atoms with van der Waals surface area (Å²) in [5.41, 5.74) is 5.74. The molecule has 26 heavy (non-hydrogen) atoms. The zero-order valence-corrected chi connectivity index (χ0v) is 14.1. The molecular formula is C13H14N4O8S. The van der Waals surface area contributed by atoms with Crippen LogP contribution in [0.15, 0.2) is 12.1 Å². The Morgan fingerprint density at radius 2 is 2.00 bits per heavy atom. The van der Waals surface area contributed by atoms with E-state index in [-0.39, 0.29) is 29.1 Å². The lowest BCUT2D eigenvalue weighted by Crippen LogP contribution is -2.41. The van der Waals surface area contributed by atoms with E-state index in [1.807, 2.05) is 0 Å². The lowest BCUT2D eigenvalue weighted by molar-refractivity contribution is -0.122. The highest BCUT2D eigenvalue weighted by Gasteiger charge is 2.52. The predicted molar refractivity (Wildman–Crippen MR) is 83.7 cm³/mol. The molecule has 0 radical (unpaired) electrons. The second-order valence-electron chi connectivity index (χ2n) is 5.76. The van der Waals surface area contributed by atoms with Crippen LogP contribution in [0.3, 0.4) is 0 Å². The number of hydrogen-bond donors (Lipinski definition) is 4. The summed E-state index contributed by atoms with van der Waals surface area (Å²) < 4.78 is 35.2. The van der Waals surface area contributed by atoms with Crippen LogP contribution in [0.2, 0.25) is 0 Å². The molecule has 1 aromatic carbocycles. The number of carbonyl (C=O) groups excluding carboxylic acids is 3. The molecule has 0 aromatic heterocycles. The zero-order chi connectivity index (χ0) is 19.4. The number of carbonyl (C=O) groups is 3. The molecule has 12 nitrogen and oxygen atoms in total. The molecule has 4 amide bonds. The van der Waals surface area contributed by atoms with E-state index in [2.05, 4.69) is 9.60 Å². The number of nitrogens with one attached hydrogen (secondary N) is 1. The van der Waals surface area contributed by atoms with Crippen molar-refractivity contribution in [2.45, 2.75) is 19.0 Å². The number of anilines is 1. The van der Waals surface area contributed by atoms with E-state index < -0.39 is 40.3 Å². The van der Waals surface area contributed by atoms with Crippen LogP contribution in [0, 0.1) is 0 Å². The average Bonchev–Trinajstić information content (AvgIpc) is 2.74. The fourth-order valence-electron chi connectivity index (χ4n) is 3.14. The maximum Gasteiger partial charge on any atom is 0.418 e. The van der Waals surface area contributed by atoms with Gasteiger partial charge in [-0.2, -0.15) is 13.5 Å². The first-order valence-electron chi connectivity index (χ1n) is 7.20. The molecule has 5 N–H and O–H groups in total. The van der Waals surface area contributed by atoms with Gasteiger partial charge in [-0.3, -0.25) is 14.1 Å². The first-order chi connectivity index (χ1) is 12.0. The largest absolute Gasteiger partial charge is 0.506 e. The summed E-state index contributed by atoms with van der Waals surface area (Å²) in [4.78, 5) is 36.5. The summed E-state index contributed by atoms with van der Waals surface area (Å²) in [6, 6.07) is -0.889. The number of fused-ring (bicyclic) bond motifs is 4. The van der Waals surface area contributed by atoms with Gasteiger partial charge in [-0.25, -0.2) is 4.79 Å². The summed E-state index contributed by atoms with van der Waals surface area (Å²) in [7, 11) is -5.01. The first kappa shape index (κ1) is 17.9. The van der Waals surface area contributed by atoms with Gasteiger partial charge in [0.1, 0.15) is 17.8 Å². The molecule has 2 unspecified atom stereocenters. The fraction of sp³-hybridized carbons (Fsp3) is 0.308. The number of hydrogen-bond acceptors (Lipinski definition) is 7. The third-order valence-electron chi connectivity index (χ3n) is 4.01. The lowest BCUT2D eigenvalue weighted by Gasteiger charge is -2.31. The van der Waals surface area contributed by atoms with Gasteiger partial charge < -0.3 is 21.1 Å². The van der Waals surface area contributed by atoms with Crippen molar-refractivity contribution in [2.24, 2.45) is 5.73 Å². The van der Waals surface area contributed by atoms with Gasteiger partial charge in [0.2, 0.25) is 11.8 Å². The third kappa shape index (κ3) is 2.91. The van der Waals surface area contributed by atoms with Crippen LogP contribution in [0.25, 0.3) is 0 Å². The number of rotatable bonds is 4. The number of urea groups is 1. The van der Waals surface area contributed by atoms with E-state index in [4.69, 9.17) is 10.3 Å². The van der Waals surface area contributed by atoms with Crippen molar-refractivity contribution >= 4 is 33.9 Å². The van der Waals surface area contributed by atoms with Crippen LogP contribution >= 0.6 is 0 Å². The molecule has 2 bridgehead atoms. The van der Waals surface area contributed by atoms with E-state index in [9.17, 15) is 27.9 Å². The minimum Gasteiger partial charge on any atom is -0.506 e. The number of nitrogens with zero attached hydrogens (tertiary/aromatic N) is 2. The number of phenols is 1. The van der Waals surface area contributed by atoms with E-state index in [1.54, 1.807) is 0 Å². The van der Waals surface area contributed by atoms with E-state index in [0.29, 0.717) is 5.06 Å². The Morgan fingerprint density at radius 1 is 1.35 bits per heavy atom. The van der Waals surface area contributed by atoms with Crippen molar-refractivity contribution in [3.8, 4) is 5.75 Å². The van der Waals surface area contributed by atoms with Gasteiger partial charge in [-0.05, 0) is 23.3 Å². The third-order valence-corrected chi connectivity index (χ3v) is 4.36. The molecule has 0 saturated carbocycles. The number of benzene rings is 1. The van der Waals surface area contributed by atoms with Crippen LogP contribution < -0.4 is 11.1 Å². The standard InChI is InChI=1S/C13H14N4O8S/c1-5(18)15-8-2-7-6(3-10(8)19)9-4-16(11(7)12(14)20)13(21)17(9)25-26(22,23)24/h2-3,9,11,19H,4H2,1H3,(H2,14,20)(H,15,18)(H,22,23,24). The summed E-state index contributed by atoms with van der Waals surface area (Å²) in [5.74, 6) is -1.77. The quantitative estimate of drug-likeness (QED) is 0.391. The van der Waals surface area contributed by atoms with Crippen LogP contribution in [0.5, 0.6) is 5.75 Å². The predicted octanol–water partition coefficient (Wildman–Crippen LogP) is -0.596. The molecular weight excluding hydrogens is 372 g/mol. The molecule has 2 atom stereocenters. The molecule has 1 saturated heterocycles. The minimum absolute atomic E-state index is 0.0142. The normalized spacial score (nSPS) is 21.5. The maximum absolute atomic E-state index is 12.4. The Hall–Kier alpha value is -2.90. The van der Waals surface area contributed by atoms with Crippen molar-refractivity contribution in [3.05, 3.63) is 23.3 Å². The Labute approximate surface area is 147 Å². The fourth-order valence-corrected chi connectivity index (χ4v) is 3.51. The maximum atomic E-state index is 12.4. The van der Waals surface area contributed by atoms with Gasteiger partial charge >= 0.3 is 16.4 Å². The van der Waals surface area contributed by atoms with E-state index in [0.717, 1.165) is 11.0 Å². The molecule has 2 aliphatic heterocycles. The van der Waals surface area contributed by atoms with Gasteiger partial charge in [0.25, 0.3) is 0 Å². The number of hydroxylamine groups is 2. The smallest absolute Gasteiger partial charge is 0.418 e. The molecule has 1 aromatic rings. The Bertz CT molecular complexity index is 930. The summed E-state index contributed by atoms with van der Waals surface area (Å²) in [6.45, 7) is 1.05.